The summed E-state index contributed by atoms with van der Waals surface area (Å²) >= 11 is 1.72. The molecule has 4 heteroatoms. The number of rotatable bonds is 11. The minimum atomic E-state index is 0. The van der Waals surface area contributed by atoms with Gasteiger partial charge in [0.1, 0.15) is 0 Å². The number of hydrogen-bond donors (Lipinski definition) is 0. The van der Waals surface area contributed by atoms with E-state index in [0.717, 1.165) is 0 Å². The van der Waals surface area contributed by atoms with E-state index in [0.29, 0.717) is 0 Å². The number of hydrogen-bond acceptors (Lipinski definition) is 3. The maximum Gasteiger partial charge on any atom is -0.870 e. The Bertz CT molecular complexity index is 90.7. The van der Waals surface area contributed by atoms with Gasteiger partial charge in [0.15, 0.2) is 0 Å². The van der Waals surface area contributed by atoms with Gasteiger partial charge in [0.25, 0.3) is 0 Å². The average Bonchev–Trinajstić information content (AvgIpc) is 2.21. The molecule has 0 heterocycles. The predicted octanol–water partition coefficient (Wildman–Crippen LogP) is 4.35. The molecule has 0 aromatic heterocycles. The van der Waals surface area contributed by atoms with E-state index in [1.54, 1.807) is 22.5 Å². The van der Waals surface area contributed by atoms with Crippen molar-refractivity contribution in [2.45, 2.75) is 82.0 Å². The van der Waals surface area contributed by atoms with Crippen LogP contribution in [0.3, 0.4) is 0 Å². The van der Waals surface area contributed by atoms with Gasteiger partial charge in [-0.1, -0.05) is 6.92 Å². The first-order valence-electron chi connectivity index (χ1n) is 6.56. The molecule has 0 amide bonds. The molecule has 0 aliphatic heterocycles. The van der Waals surface area contributed by atoms with Crippen LogP contribution < -0.4 is 0 Å². The summed E-state index contributed by atoms with van der Waals surface area (Å²) in [5, 5.41) is 0. The summed E-state index contributed by atoms with van der Waals surface area (Å²) in [6.45, 7) is 2.29. The molecule has 0 saturated carbocycles. The Morgan fingerprint density at radius 1 is 0.529 bits per heavy atom. The SMILES string of the molecule is CCCCCCCCCCCC[CH2][Sn+3].[OH-].[OH-].[OH-]. The molecule has 17 heavy (non-hydrogen) atoms. The molecule has 0 fully saturated rings. The van der Waals surface area contributed by atoms with E-state index < -0.39 is 0 Å². The van der Waals surface area contributed by atoms with Crippen molar-refractivity contribution in [1.82, 2.24) is 0 Å². The Morgan fingerprint density at radius 2 is 0.824 bits per heavy atom. The second-order valence-electron chi connectivity index (χ2n) is 4.29. The molecular formula is C13H30O3Sn. The summed E-state index contributed by atoms with van der Waals surface area (Å²) in [6.07, 6.45) is 16.2. The molecule has 3 nitrogen and oxygen atoms in total. The van der Waals surface area contributed by atoms with Crippen LogP contribution in [-0.2, 0) is 0 Å². The first kappa shape index (κ1) is 26.3. The summed E-state index contributed by atoms with van der Waals surface area (Å²) in [6, 6.07) is 0. The molecule has 0 unspecified atom stereocenters. The van der Waals surface area contributed by atoms with E-state index >= 15 is 0 Å². The summed E-state index contributed by atoms with van der Waals surface area (Å²) < 4.78 is 1.46. The third-order valence-electron chi connectivity index (χ3n) is 2.78. The quantitative estimate of drug-likeness (QED) is 0.408. The fraction of sp³-hybridized carbons (Fsp3) is 1.00. The van der Waals surface area contributed by atoms with E-state index in [4.69, 9.17) is 0 Å². The van der Waals surface area contributed by atoms with Crippen molar-refractivity contribution < 1.29 is 16.4 Å². The van der Waals surface area contributed by atoms with Gasteiger partial charge in [-0.15, -0.1) is 0 Å². The van der Waals surface area contributed by atoms with Gasteiger partial charge in [-0.25, -0.2) is 0 Å². The molecule has 0 aliphatic carbocycles. The van der Waals surface area contributed by atoms with Crippen LogP contribution in [0.4, 0.5) is 0 Å². The maximum absolute atomic E-state index is 2.29. The van der Waals surface area contributed by atoms with Gasteiger partial charge in [0, 0.05) is 0 Å². The van der Waals surface area contributed by atoms with Crippen LogP contribution in [0, 0.1) is 0 Å². The molecule has 0 saturated heterocycles. The van der Waals surface area contributed by atoms with E-state index in [1.165, 1.54) is 75.1 Å². The van der Waals surface area contributed by atoms with Crippen LogP contribution in [0.25, 0.3) is 0 Å². The van der Waals surface area contributed by atoms with Crippen molar-refractivity contribution in [3.8, 4) is 0 Å². The molecule has 0 aliphatic rings. The van der Waals surface area contributed by atoms with Crippen molar-refractivity contribution >= 4 is 22.5 Å². The Morgan fingerprint density at radius 3 is 1.12 bits per heavy atom. The zero-order valence-electron chi connectivity index (χ0n) is 11.3. The van der Waals surface area contributed by atoms with E-state index in [9.17, 15) is 0 Å². The maximum atomic E-state index is 2.29. The van der Waals surface area contributed by atoms with Crippen LogP contribution in [-0.4, -0.2) is 39.0 Å². The standard InChI is InChI=1S/C13H27.3H2O.Sn/c1-3-5-7-9-11-13-12-10-8-6-4-2;;;;/h1,3-13H2,2H3;3*1H2;/q;;;;+3/p-3. The van der Waals surface area contributed by atoms with Crippen LogP contribution in [0.5, 0.6) is 0 Å². The Balaban J connectivity index is -0.000000282. The zero-order valence-corrected chi connectivity index (χ0v) is 14.2. The molecule has 0 bridgehead atoms. The minimum Gasteiger partial charge on any atom is -0.870 e. The Kier molecular flexibility index (Phi) is 39.4. The predicted molar refractivity (Wildman–Crippen MR) is 72.8 cm³/mol. The molecule has 104 valence electrons. The summed E-state index contributed by atoms with van der Waals surface area (Å²) in [5.41, 5.74) is 0. The Hall–Kier alpha value is 0.679. The first-order chi connectivity index (χ1) is 6.91. The summed E-state index contributed by atoms with van der Waals surface area (Å²) in [4.78, 5) is 0. The van der Waals surface area contributed by atoms with E-state index in [1.807, 2.05) is 0 Å². The van der Waals surface area contributed by atoms with E-state index in [-0.39, 0.29) is 16.4 Å². The largest absolute Gasteiger partial charge is 0.870 e. The van der Waals surface area contributed by atoms with Crippen molar-refractivity contribution in [3.05, 3.63) is 0 Å². The average molecular weight is 353 g/mol. The van der Waals surface area contributed by atoms with E-state index in [2.05, 4.69) is 6.92 Å². The second-order valence-corrected chi connectivity index (χ2v) is 5.71. The molecule has 3 N–H and O–H groups in total. The molecular weight excluding hydrogens is 323 g/mol. The van der Waals surface area contributed by atoms with Crippen molar-refractivity contribution in [1.29, 1.82) is 0 Å². The smallest absolute Gasteiger partial charge is 0.870 e. The molecule has 0 atom stereocenters. The van der Waals surface area contributed by atoms with Crippen molar-refractivity contribution in [2.75, 3.05) is 0 Å². The van der Waals surface area contributed by atoms with Gasteiger partial charge in [-0.05, 0) is 0 Å². The minimum absolute atomic E-state index is 0. The van der Waals surface area contributed by atoms with Gasteiger partial charge >= 0.3 is 97.6 Å². The summed E-state index contributed by atoms with van der Waals surface area (Å²) in [5.74, 6) is 0. The fourth-order valence-electron chi connectivity index (χ4n) is 1.79. The molecule has 0 aromatic carbocycles. The number of unbranched alkanes of at least 4 members (excludes halogenated alkanes) is 10. The normalized spacial score (nSPS) is 8.88. The Labute approximate surface area is 121 Å². The third kappa shape index (κ3) is 26.3. The topological polar surface area (TPSA) is 90.0 Å². The molecule has 0 radical (unpaired) electrons. The first-order valence-corrected chi connectivity index (χ1v) is 8.58. The second kappa shape index (κ2) is 25.5. The van der Waals surface area contributed by atoms with Crippen LogP contribution in [0.2, 0.25) is 4.44 Å². The van der Waals surface area contributed by atoms with Gasteiger partial charge < -0.3 is 16.4 Å². The van der Waals surface area contributed by atoms with Gasteiger partial charge in [-0.2, -0.15) is 0 Å². The van der Waals surface area contributed by atoms with Crippen molar-refractivity contribution in [2.24, 2.45) is 0 Å². The van der Waals surface area contributed by atoms with Gasteiger partial charge in [-0.3, -0.25) is 0 Å². The van der Waals surface area contributed by atoms with Gasteiger partial charge in [0.2, 0.25) is 0 Å². The van der Waals surface area contributed by atoms with Crippen LogP contribution in [0.1, 0.15) is 77.6 Å². The van der Waals surface area contributed by atoms with Crippen molar-refractivity contribution in [3.63, 3.8) is 0 Å². The fourth-order valence-corrected chi connectivity index (χ4v) is 2.50. The molecule has 0 aromatic rings. The molecule has 0 spiro atoms. The van der Waals surface area contributed by atoms with Gasteiger partial charge in [0.05, 0.1) is 0 Å². The zero-order chi connectivity index (χ0) is 10.5. The molecule has 0 rings (SSSR count). The van der Waals surface area contributed by atoms with Crippen LogP contribution >= 0.6 is 0 Å². The third-order valence-corrected chi connectivity index (χ3v) is 3.79. The van der Waals surface area contributed by atoms with Crippen LogP contribution in [0.15, 0.2) is 0 Å². The monoisotopic (exact) mass is 354 g/mol. The summed E-state index contributed by atoms with van der Waals surface area (Å²) in [7, 11) is 0.